The minimum atomic E-state index is -3.14. The monoisotopic (exact) mass is 256 g/mol. The van der Waals surface area contributed by atoms with Crippen LogP contribution < -0.4 is 0 Å². The van der Waals surface area contributed by atoms with Gasteiger partial charge in [0, 0.05) is 28.6 Å². The molecule has 90 valence electrons. The van der Waals surface area contributed by atoms with Crippen LogP contribution in [0.4, 0.5) is 0 Å². The first kappa shape index (κ1) is 14.6. The molecule has 0 aromatic heterocycles. The fourth-order valence-electron chi connectivity index (χ4n) is 0.781. The van der Waals surface area contributed by atoms with E-state index in [1.165, 1.54) is 13.8 Å². The largest absolute Gasteiger partial charge is 0.481 e. The quantitative estimate of drug-likeness (QED) is 0.716. The number of carboxylic acids is 1. The van der Waals surface area contributed by atoms with Gasteiger partial charge in [-0.3, -0.25) is 9.00 Å². The summed E-state index contributed by atoms with van der Waals surface area (Å²) in [4.78, 5) is 10.7. The Kier molecular flexibility index (Phi) is 4.92. The van der Waals surface area contributed by atoms with Gasteiger partial charge in [-0.1, -0.05) is 0 Å². The maximum absolute atomic E-state index is 11.4. The van der Waals surface area contributed by atoms with E-state index in [9.17, 15) is 17.4 Å². The topological polar surface area (TPSA) is 88.5 Å². The maximum Gasteiger partial charge on any atom is 0.310 e. The Hall–Kier alpha value is -0.430. The lowest BCUT2D eigenvalue weighted by Gasteiger charge is -2.17. The highest BCUT2D eigenvalue weighted by Gasteiger charge is 2.29. The number of sulfone groups is 1. The van der Waals surface area contributed by atoms with Crippen molar-refractivity contribution >= 4 is 26.6 Å². The molecule has 7 heteroatoms. The highest BCUT2D eigenvalue weighted by atomic mass is 32.2. The second-order valence-corrected chi connectivity index (χ2v) is 7.94. The van der Waals surface area contributed by atoms with Crippen molar-refractivity contribution in [1.29, 1.82) is 0 Å². The molecule has 1 unspecified atom stereocenters. The Morgan fingerprint density at radius 3 is 2.20 bits per heavy atom. The number of carbonyl (C=O) groups is 1. The SMILES string of the molecule is CC(C)(CS(=O)CCS(C)(=O)=O)C(=O)O. The Bertz CT molecular complexity index is 355. The zero-order valence-corrected chi connectivity index (χ0v) is 10.7. The Labute approximate surface area is 92.2 Å². The van der Waals surface area contributed by atoms with E-state index in [2.05, 4.69) is 0 Å². The van der Waals surface area contributed by atoms with E-state index in [4.69, 9.17) is 5.11 Å². The third-order valence-corrected chi connectivity index (χ3v) is 4.69. The van der Waals surface area contributed by atoms with Crippen LogP contribution in [0.2, 0.25) is 0 Å². The van der Waals surface area contributed by atoms with Gasteiger partial charge in [-0.2, -0.15) is 0 Å². The van der Waals surface area contributed by atoms with Gasteiger partial charge in [-0.25, -0.2) is 8.42 Å². The molecule has 0 aliphatic carbocycles. The van der Waals surface area contributed by atoms with Gasteiger partial charge in [-0.15, -0.1) is 0 Å². The van der Waals surface area contributed by atoms with Crippen molar-refractivity contribution < 1.29 is 22.5 Å². The molecule has 0 aromatic carbocycles. The summed E-state index contributed by atoms with van der Waals surface area (Å²) in [6.45, 7) is 2.93. The van der Waals surface area contributed by atoms with Crippen molar-refractivity contribution in [3.05, 3.63) is 0 Å². The van der Waals surface area contributed by atoms with E-state index in [0.717, 1.165) is 6.26 Å². The number of carboxylic acid groups (broad SMARTS) is 1. The predicted molar refractivity (Wildman–Crippen MR) is 59.0 cm³/mol. The fraction of sp³-hybridized carbons (Fsp3) is 0.875. The molecule has 0 saturated heterocycles. The van der Waals surface area contributed by atoms with Crippen molar-refractivity contribution in [2.24, 2.45) is 5.41 Å². The van der Waals surface area contributed by atoms with E-state index in [-0.39, 0.29) is 17.3 Å². The van der Waals surface area contributed by atoms with Gasteiger partial charge in [0.1, 0.15) is 9.84 Å². The third-order valence-electron chi connectivity index (χ3n) is 1.78. The summed E-state index contributed by atoms with van der Waals surface area (Å²) < 4.78 is 33.0. The molecule has 15 heavy (non-hydrogen) atoms. The van der Waals surface area contributed by atoms with Gasteiger partial charge in [0.05, 0.1) is 11.2 Å². The van der Waals surface area contributed by atoms with Gasteiger partial charge in [0.15, 0.2) is 0 Å². The van der Waals surface area contributed by atoms with Crippen LogP contribution in [0.25, 0.3) is 0 Å². The molecule has 0 rings (SSSR count). The van der Waals surface area contributed by atoms with Crippen LogP contribution >= 0.6 is 0 Å². The number of aliphatic carboxylic acids is 1. The molecule has 1 N–H and O–H groups in total. The summed E-state index contributed by atoms with van der Waals surface area (Å²) in [5.74, 6) is -1.24. The lowest BCUT2D eigenvalue weighted by molar-refractivity contribution is -0.145. The molecule has 0 amide bonds. The molecular formula is C8H16O5S2. The predicted octanol–water partition coefficient (Wildman–Crippen LogP) is -0.109. The van der Waals surface area contributed by atoms with Crippen molar-refractivity contribution in [2.75, 3.05) is 23.5 Å². The first-order valence-corrected chi connectivity index (χ1v) is 7.85. The molecule has 0 heterocycles. The molecule has 5 nitrogen and oxygen atoms in total. The zero-order valence-electron chi connectivity index (χ0n) is 9.02. The van der Waals surface area contributed by atoms with Crippen LogP contribution in [0.5, 0.6) is 0 Å². The van der Waals surface area contributed by atoms with Gasteiger partial charge in [0.25, 0.3) is 0 Å². The van der Waals surface area contributed by atoms with E-state index in [0.29, 0.717) is 0 Å². The summed E-state index contributed by atoms with van der Waals surface area (Å²) in [6.07, 6.45) is 1.06. The molecule has 0 fully saturated rings. The number of hydrogen-bond acceptors (Lipinski definition) is 4. The maximum atomic E-state index is 11.4. The minimum absolute atomic E-state index is 0.00442. The lowest BCUT2D eigenvalue weighted by Crippen LogP contribution is -2.31. The number of rotatable bonds is 6. The lowest BCUT2D eigenvalue weighted by atomic mass is 9.97. The highest BCUT2D eigenvalue weighted by molar-refractivity contribution is 7.92. The van der Waals surface area contributed by atoms with Gasteiger partial charge < -0.3 is 5.11 Å². The molecule has 0 radical (unpaired) electrons. The average Bonchev–Trinajstić information content (AvgIpc) is 1.98. The molecule has 0 aliphatic rings. The normalized spacial score (nSPS) is 14.9. The van der Waals surface area contributed by atoms with Crippen molar-refractivity contribution in [2.45, 2.75) is 13.8 Å². The fourth-order valence-corrected chi connectivity index (χ4v) is 3.81. The molecular weight excluding hydrogens is 240 g/mol. The molecule has 0 saturated carbocycles. The molecule has 0 aromatic rings. The Morgan fingerprint density at radius 1 is 1.40 bits per heavy atom. The molecule has 0 bridgehead atoms. The summed E-state index contributed by atoms with van der Waals surface area (Å²) >= 11 is 0. The van der Waals surface area contributed by atoms with Crippen LogP contribution in [0, 0.1) is 5.41 Å². The molecule has 1 atom stereocenters. The van der Waals surface area contributed by atoms with Crippen LogP contribution in [0.15, 0.2) is 0 Å². The standard InChI is InChI=1S/C8H16O5S2/c1-8(2,7(9)10)6-14(11)4-5-15(3,12)13/h4-6H2,1-3H3,(H,9,10). The number of hydrogen-bond donors (Lipinski definition) is 1. The van der Waals surface area contributed by atoms with Crippen LogP contribution in [-0.2, 0) is 25.4 Å². The van der Waals surface area contributed by atoms with Crippen LogP contribution in [0.1, 0.15) is 13.8 Å². The van der Waals surface area contributed by atoms with Gasteiger partial charge >= 0.3 is 5.97 Å². The highest BCUT2D eigenvalue weighted by Crippen LogP contribution is 2.16. The zero-order chi connectivity index (χ0) is 12.3. The Morgan fingerprint density at radius 2 is 1.87 bits per heavy atom. The van der Waals surface area contributed by atoms with E-state index in [1.807, 2.05) is 0 Å². The third kappa shape index (κ3) is 6.62. The minimum Gasteiger partial charge on any atom is -0.481 e. The van der Waals surface area contributed by atoms with E-state index in [1.54, 1.807) is 0 Å². The first-order valence-electron chi connectivity index (χ1n) is 4.31. The first-order chi connectivity index (χ1) is 6.54. The van der Waals surface area contributed by atoms with Crippen molar-refractivity contribution in [3.8, 4) is 0 Å². The smallest absolute Gasteiger partial charge is 0.310 e. The summed E-state index contributed by atoms with van der Waals surface area (Å²) in [7, 11) is -4.55. The summed E-state index contributed by atoms with van der Waals surface area (Å²) in [5.41, 5.74) is -1.08. The van der Waals surface area contributed by atoms with Crippen molar-refractivity contribution in [3.63, 3.8) is 0 Å². The van der Waals surface area contributed by atoms with E-state index >= 15 is 0 Å². The van der Waals surface area contributed by atoms with Gasteiger partial charge in [0.2, 0.25) is 0 Å². The Balaban J connectivity index is 4.23. The van der Waals surface area contributed by atoms with Crippen LogP contribution in [0.3, 0.4) is 0 Å². The molecule has 0 aliphatic heterocycles. The summed E-state index contributed by atoms with van der Waals surface area (Å²) in [6, 6.07) is 0. The average molecular weight is 256 g/mol. The van der Waals surface area contributed by atoms with Crippen LogP contribution in [-0.4, -0.2) is 47.2 Å². The van der Waals surface area contributed by atoms with E-state index < -0.39 is 32.0 Å². The van der Waals surface area contributed by atoms with Gasteiger partial charge in [-0.05, 0) is 13.8 Å². The summed E-state index contributed by atoms with van der Waals surface area (Å²) in [5, 5.41) is 8.77. The molecule has 0 spiro atoms. The second kappa shape index (κ2) is 5.07. The second-order valence-electron chi connectivity index (χ2n) is 4.11. The van der Waals surface area contributed by atoms with Crippen molar-refractivity contribution in [1.82, 2.24) is 0 Å².